The summed E-state index contributed by atoms with van der Waals surface area (Å²) in [4.78, 5) is 0. The maximum absolute atomic E-state index is 13.5. The zero-order valence-electron chi connectivity index (χ0n) is 21.2. The Kier molecular flexibility index (Phi) is 13.4. The molecule has 0 aromatic rings. The first kappa shape index (κ1) is 49.8. The van der Waals surface area contributed by atoms with Crippen molar-refractivity contribution in [1.82, 2.24) is 0 Å². The van der Waals surface area contributed by atoms with E-state index in [0.717, 1.165) is 0 Å². The van der Waals surface area contributed by atoms with Crippen LogP contribution in [0.25, 0.3) is 0 Å². The quantitative estimate of drug-likeness (QED) is 0.158. The summed E-state index contributed by atoms with van der Waals surface area (Å²) in [5.74, 6) is -103. The third-order valence-electron chi connectivity index (χ3n) is 5.35. The van der Waals surface area contributed by atoms with Crippen LogP contribution in [0.3, 0.4) is 0 Å². The van der Waals surface area contributed by atoms with Gasteiger partial charge in [0.15, 0.2) is 0 Å². The minimum absolute atomic E-state index is 0. The van der Waals surface area contributed by atoms with Gasteiger partial charge in [0, 0.05) is 58.2 Å². The third kappa shape index (κ3) is 6.81. The second kappa shape index (κ2) is 13.0. The number of alkyl halides is 30. The van der Waals surface area contributed by atoms with E-state index in [1.807, 2.05) is 0 Å². The Hall–Kier alpha value is -0.335. The van der Waals surface area contributed by atoms with Gasteiger partial charge in [0.2, 0.25) is 0 Å². The molecule has 0 atom stereocenters. The van der Waals surface area contributed by atoms with Crippen LogP contribution in [0.15, 0.2) is 0 Å². The van der Waals surface area contributed by atoms with Crippen molar-refractivity contribution in [1.29, 1.82) is 0 Å². The smallest absolute Gasteiger partial charge is 0.368 e. The average molecular weight is 868 g/mol. The van der Waals surface area contributed by atoms with Crippen LogP contribution in [0, 0.1) is 0 Å². The van der Waals surface area contributed by atoms with Crippen LogP contribution in [-0.2, 0) is 4.74 Å². The van der Waals surface area contributed by atoms with E-state index < -0.39 is 96.6 Å². The molecule has 0 aliphatic rings. The Morgan fingerprint density at radius 3 is 0.542 bits per heavy atom. The predicted molar refractivity (Wildman–Crippen MR) is 88.0 cm³/mol. The van der Waals surface area contributed by atoms with Crippen LogP contribution >= 0.6 is 0 Å². The van der Waals surface area contributed by atoms with E-state index in [1.54, 1.807) is 0 Å². The minimum Gasteiger partial charge on any atom is -0.368 e. The van der Waals surface area contributed by atoms with E-state index in [-0.39, 0.29) is 58.2 Å². The van der Waals surface area contributed by atoms with Crippen molar-refractivity contribution in [2.75, 3.05) is 13.2 Å². The molecule has 0 unspecified atom stereocenters. The number of hydrogen-bond acceptors (Lipinski definition) is 1. The van der Waals surface area contributed by atoms with Crippen molar-refractivity contribution in [3.05, 3.63) is 0 Å². The van der Waals surface area contributed by atoms with E-state index in [1.165, 1.54) is 0 Å². The van der Waals surface area contributed by atoms with E-state index in [2.05, 4.69) is 4.74 Å². The summed E-state index contributed by atoms with van der Waals surface area (Å²) in [6, 6.07) is 0. The van der Waals surface area contributed by atoms with Crippen molar-refractivity contribution in [2.24, 2.45) is 0 Å². The molecule has 0 saturated heterocycles. The summed E-state index contributed by atoms with van der Waals surface area (Å²) in [5.41, 5.74) is 0. The first-order valence-electron chi connectivity index (χ1n) is 9.95. The van der Waals surface area contributed by atoms with E-state index in [0.29, 0.717) is 0 Å². The van der Waals surface area contributed by atoms with E-state index >= 15 is 0 Å². The molecule has 32 heteroatoms. The largest absolute Gasteiger partial charge is 0.460 e. The van der Waals surface area contributed by atoms with Gasteiger partial charge in [-0.3, -0.25) is 0 Å². The molecule has 0 spiro atoms. The monoisotopic (exact) mass is 867 g/mol. The van der Waals surface area contributed by atoms with Crippen molar-refractivity contribution in [2.45, 2.75) is 83.4 Å². The van der Waals surface area contributed by atoms with Gasteiger partial charge in [0.05, 0.1) is 0 Å². The summed E-state index contributed by atoms with van der Waals surface area (Å²) in [6.45, 7) is -8.94. The van der Waals surface area contributed by atoms with Crippen molar-refractivity contribution in [3.63, 3.8) is 0 Å². The summed E-state index contributed by atoms with van der Waals surface area (Å²) in [7, 11) is 0. The zero-order chi connectivity index (χ0) is 39.1. The first-order chi connectivity index (χ1) is 19.7. The van der Waals surface area contributed by atoms with E-state index in [9.17, 15) is 132 Å². The molecule has 0 aliphatic carbocycles. The van der Waals surface area contributed by atoms with Crippen LogP contribution in [0.4, 0.5) is 132 Å². The Balaban J connectivity index is 0. The molecule has 0 saturated carbocycles. The number of rotatable bonds is 14. The summed E-state index contributed by atoms with van der Waals surface area (Å²) in [6.07, 6.45) is -16.1. The second-order valence-corrected chi connectivity index (χ2v) is 8.64. The molecule has 0 heterocycles. The summed E-state index contributed by atoms with van der Waals surface area (Å²) in [5, 5.41) is 0. The maximum Gasteiger partial charge on any atom is 0.460 e. The molecule has 0 N–H and O–H groups in total. The first-order valence-corrected chi connectivity index (χ1v) is 9.95. The van der Waals surface area contributed by atoms with Crippen LogP contribution in [0.5, 0.6) is 0 Å². The minimum atomic E-state index is -8.99. The molecule has 0 bridgehead atoms. The predicted octanol–water partition coefficient (Wildman–Crippen LogP) is 9.37. The van der Waals surface area contributed by atoms with Crippen LogP contribution in [0.2, 0.25) is 0 Å². The summed E-state index contributed by atoms with van der Waals surface area (Å²) < 4.78 is 392. The van der Waals surface area contributed by atoms with Gasteiger partial charge in [-0.25, -0.2) is 0 Å². The fraction of sp³-hybridized carbons (Fsp3) is 1.00. The number of halogens is 30. The van der Waals surface area contributed by atoms with Gasteiger partial charge in [-0.1, -0.05) is 0 Å². The molecule has 48 heavy (non-hydrogen) atoms. The normalized spacial score (nSPS) is 16.6. The Bertz CT molecular complexity index is 1020. The third-order valence-corrected chi connectivity index (χ3v) is 5.35. The fourth-order valence-corrected chi connectivity index (χ4v) is 2.49. The molecule has 0 aliphatic heterocycles. The van der Waals surface area contributed by atoms with Gasteiger partial charge >= 0.3 is 83.4 Å². The molecule has 0 amide bonds. The number of ether oxygens (including phenoxy) is 1. The molecular formula is C16H4F30ORb. The molecule has 0 rings (SSSR count). The Morgan fingerprint density at radius 1 is 0.229 bits per heavy atom. The molecule has 1 radical (unpaired) electrons. The van der Waals surface area contributed by atoms with Gasteiger partial charge < -0.3 is 4.74 Å². The molecular weight excluding hydrogens is 864 g/mol. The number of hydrogen-bond donors (Lipinski definition) is 0. The standard InChI is InChI=1S/C16H4F30O.Rb/c17-3(18,5(21,22)7(25,26)9(29,30)11(33,34)13(37,38)15(41,42)43)1-47-2-4(19,20)6(23,24)8(27,28)10(31,32)12(35,36)14(39,40)16(44,45)46;/h1-2H2;. The van der Waals surface area contributed by atoms with Gasteiger partial charge in [-0.2, -0.15) is 132 Å². The molecule has 0 aromatic carbocycles. The topological polar surface area (TPSA) is 9.23 Å². The van der Waals surface area contributed by atoms with Crippen LogP contribution in [0.1, 0.15) is 0 Å². The van der Waals surface area contributed by atoms with Crippen LogP contribution in [-0.4, -0.2) is 155 Å². The van der Waals surface area contributed by atoms with Crippen molar-refractivity contribution < 1.29 is 136 Å². The summed E-state index contributed by atoms with van der Waals surface area (Å²) >= 11 is 0. The fourth-order valence-electron chi connectivity index (χ4n) is 2.49. The van der Waals surface area contributed by atoms with Gasteiger partial charge in [-0.05, 0) is 0 Å². The average Bonchev–Trinajstić information content (AvgIpc) is 2.80. The van der Waals surface area contributed by atoms with Gasteiger partial charge in [0.25, 0.3) is 0 Å². The van der Waals surface area contributed by atoms with Crippen molar-refractivity contribution in [3.8, 4) is 0 Å². The van der Waals surface area contributed by atoms with Gasteiger partial charge in [-0.15, -0.1) is 0 Å². The maximum atomic E-state index is 13.5. The Morgan fingerprint density at radius 2 is 0.375 bits per heavy atom. The zero-order valence-corrected chi connectivity index (χ0v) is 26.1. The Labute approximate surface area is 290 Å². The molecule has 0 aromatic heterocycles. The molecule has 285 valence electrons. The van der Waals surface area contributed by atoms with E-state index in [4.69, 9.17) is 0 Å². The molecule has 1 nitrogen and oxygen atoms in total. The molecule has 0 fully saturated rings. The van der Waals surface area contributed by atoms with Crippen LogP contribution < -0.4 is 0 Å². The van der Waals surface area contributed by atoms with Crippen molar-refractivity contribution >= 4 is 58.2 Å². The second-order valence-electron chi connectivity index (χ2n) is 8.64. The van der Waals surface area contributed by atoms with Gasteiger partial charge in [0.1, 0.15) is 13.2 Å². The SMILES string of the molecule is FC(F)(F)C(F)(F)C(F)(F)C(F)(F)C(F)(F)C(F)(F)C(F)(F)COCC(F)(F)C(F)(F)C(F)(F)C(F)(F)C(F)(F)C(F)(F)C(F)(F)F.[Rb].